The van der Waals surface area contributed by atoms with Gasteiger partial charge in [0, 0.05) is 6.61 Å². The summed E-state index contributed by atoms with van der Waals surface area (Å²) in [4.78, 5) is 0. The Kier molecular flexibility index (Phi) is 3.65. The summed E-state index contributed by atoms with van der Waals surface area (Å²) in [5.74, 6) is -0.428. The number of nitriles is 1. The molecule has 0 saturated carbocycles. The van der Waals surface area contributed by atoms with Gasteiger partial charge in [0.25, 0.3) is 0 Å². The summed E-state index contributed by atoms with van der Waals surface area (Å²) in [6.45, 7) is 2.65. The molecule has 1 aromatic carbocycles. The molecule has 1 aliphatic rings. The summed E-state index contributed by atoms with van der Waals surface area (Å²) in [7, 11) is 0. The van der Waals surface area contributed by atoms with Crippen LogP contribution in [0.1, 0.15) is 18.9 Å². The molecule has 0 amide bonds. The van der Waals surface area contributed by atoms with E-state index in [2.05, 4.69) is 21.2 Å². The van der Waals surface area contributed by atoms with Crippen molar-refractivity contribution in [3.8, 4) is 6.07 Å². The maximum atomic E-state index is 13.9. The molecule has 1 N–H and O–H groups in total. The first-order valence-corrected chi connectivity index (χ1v) is 6.19. The molecule has 1 aliphatic heterocycles. The van der Waals surface area contributed by atoms with Crippen LogP contribution >= 0.6 is 15.9 Å². The number of halogens is 2. The van der Waals surface area contributed by atoms with E-state index in [0.717, 1.165) is 6.42 Å². The smallest absolute Gasteiger partial charge is 0.161 e. The summed E-state index contributed by atoms with van der Waals surface area (Å²) in [6.07, 6.45) is 0.932. The van der Waals surface area contributed by atoms with Crippen molar-refractivity contribution < 1.29 is 9.13 Å². The third kappa shape index (κ3) is 2.43. The normalized spacial score (nSPS) is 23.4. The lowest BCUT2D eigenvalue weighted by Gasteiger charge is -2.18. The molecule has 3 nitrogen and oxygen atoms in total. The first kappa shape index (κ1) is 12.3. The Labute approximate surface area is 108 Å². The third-order valence-corrected chi connectivity index (χ3v) is 3.70. The molecule has 0 spiro atoms. The zero-order valence-corrected chi connectivity index (χ0v) is 10.9. The Hall–Kier alpha value is -1.12. The lowest BCUT2D eigenvalue weighted by atomic mass is 10.1. The fraction of sp³-hybridized carbons (Fsp3) is 0.417. The highest BCUT2D eigenvalue weighted by Crippen LogP contribution is 2.28. The number of nitrogens with one attached hydrogen (secondary N) is 1. The number of hydrogen-bond acceptors (Lipinski definition) is 3. The van der Waals surface area contributed by atoms with Gasteiger partial charge in [0.05, 0.1) is 27.9 Å². The standard InChI is InChI=1S/C12H12BrFN2O/c1-7-9(4-5-17-7)16-10-3-2-8(6-15)11(13)12(10)14/h2-3,7,9,16H,4-5H2,1H3. The number of benzene rings is 1. The highest BCUT2D eigenvalue weighted by atomic mass is 79.9. The maximum absolute atomic E-state index is 13.9. The van der Waals surface area contributed by atoms with Crippen LogP contribution in [0.15, 0.2) is 16.6 Å². The summed E-state index contributed by atoms with van der Waals surface area (Å²) in [5.41, 5.74) is 0.696. The van der Waals surface area contributed by atoms with Gasteiger partial charge in [-0.15, -0.1) is 0 Å². The molecule has 1 saturated heterocycles. The largest absolute Gasteiger partial charge is 0.377 e. The topological polar surface area (TPSA) is 45.0 Å². The fourth-order valence-electron chi connectivity index (χ4n) is 1.87. The minimum Gasteiger partial charge on any atom is -0.377 e. The number of nitrogens with zero attached hydrogens (tertiary/aromatic N) is 1. The molecule has 0 radical (unpaired) electrons. The molecule has 1 aromatic rings. The van der Waals surface area contributed by atoms with Gasteiger partial charge in [-0.3, -0.25) is 0 Å². The minimum absolute atomic E-state index is 0.0730. The fourth-order valence-corrected chi connectivity index (χ4v) is 2.30. The molecule has 0 bridgehead atoms. The lowest BCUT2D eigenvalue weighted by molar-refractivity contribution is 0.121. The Morgan fingerprint density at radius 2 is 2.35 bits per heavy atom. The first-order chi connectivity index (χ1) is 8.13. The number of rotatable bonds is 2. The molecule has 17 heavy (non-hydrogen) atoms. The first-order valence-electron chi connectivity index (χ1n) is 5.39. The van der Waals surface area contributed by atoms with Gasteiger partial charge in [-0.25, -0.2) is 4.39 Å². The van der Waals surface area contributed by atoms with Crippen molar-refractivity contribution in [2.45, 2.75) is 25.5 Å². The van der Waals surface area contributed by atoms with E-state index in [9.17, 15) is 4.39 Å². The molecule has 2 unspecified atom stereocenters. The van der Waals surface area contributed by atoms with Gasteiger partial charge in [0.15, 0.2) is 5.82 Å². The summed E-state index contributed by atoms with van der Waals surface area (Å²) in [6, 6.07) is 5.22. The Morgan fingerprint density at radius 1 is 1.59 bits per heavy atom. The van der Waals surface area contributed by atoms with Gasteiger partial charge in [-0.1, -0.05) is 0 Å². The Morgan fingerprint density at radius 3 is 2.94 bits per heavy atom. The summed E-state index contributed by atoms with van der Waals surface area (Å²) >= 11 is 3.09. The zero-order valence-electron chi connectivity index (χ0n) is 9.34. The molecule has 5 heteroatoms. The summed E-state index contributed by atoms with van der Waals surface area (Å²) in [5, 5.41) is 11.9. The van der Waals surface area contributed by atoms with Crippen LogP contribution in [0.4, 0.5) is 10.1 Å². The molecule has 90 valence electrons. The second kappa shape index (κ2) is 5.03. The number of ether oxygens (including phenoxy) is 1. The Balaban J connectivity index is 2.22. The van der Waals surface area contributed by atoms with E-state index in [1.807, 2.05) is 13.0 Å². The van der Waals surface area contributed by atoms with Crippen LogP contribution in [-0.2, 0) is 4.74 Å². The minimum atomic E-state index is -0.428. The molecule has 0 aliphatic carbocycles. The van der Waals surface area contributed by atoms with Crippen molar-refractivity contribution >= 4 is 21.6 Å². The summed E-state index contributed by atoms with van der Waals surface area (Å²) < 4.78 is 19.5. The van der Waals surface area contributed by atoms with Gasteiger partial charge >= 0.3 is 0 Å². The van der Waals surface area contributed by atoms with Crippen molar-refractivity contribution in [3.63, 3.8) is 0 Å². The third-order valence-electron chi connectivity index (χ3n) is 2.92. The lowest BCUT2D eigenvalue weighted by Crippen LogP contribution is -2.27. The quantitative estimate of drug-likeness (QED) is 0.913. The van der Waals surface area contributed by atoms with Gasteiger partial charge in [0.2, 0.25) is 0 Å². The van der Waals surface area contributed by atoms with Crippen LogP contribution in [0.3, 0.4) is 0 Å². The van der Waals surface area contributed by atoms with Gasteiger partial charge in [-0.05, 0) is 41.4 Å². The zero-order chi connectivity index (χ0) is 12.4. The van der Waals surface area contributed by atoms with Crippen LogP contribution in [0, 0.1) is 17.1 Å². The molecule has 2 rings (SSSR count). The van der Waals surface area contributed by atoms with E-state index < -0.39 is 5.82 Å². The van der Waals surface area contributed by atoms with Crippen LogP contribution in [0.2, 0.25) is 0 Å². The van der Waals surface area contributed by atoms with Crippen LogP contribution in [-0.4, -0.2) is 18.8 Å². The molecule has 1 fully saturated rings. The monoisotopic (exact) mass is 298 g/mol. The van der Waals surface area contributed by atoms with Gasteiger partial charge in [0.1, 0.15) is 6.07 Å². The maximum Gasteiger partial charge on any atom is 0.161 e. The van der Waals surface area contributed by atoms with E-state index in [4.69, 9.17) is 10.00 Å². The van der Waals surface area contributed by atoms with Crippen molar-refractivity contribution in [1.82, 2.24) is 0 Å². The average Bonchev–Trinajstić information content (AvgIpc) is 2.71. The highest BCUT2D eigenvalue weighted by Gasteiger charge is 2.25. The SMILES string of the molecule is CC1OCCC1Nc1ccc(C#N)c(Br)c1F. The molecule has 2 atom stereocenters. The predicted molar refractivity (Wildman–Crippen MR) is 66.3 cm³/mol. The molecular formula is C12H12BrFN2O. The van der Waals surface area contributed by atoms with Crippen LogP contribution in [0.25, 0.3) is 0 Å². The van der Waals surface area contributed by atoms with Crippen LogP contribution in [0.5, 0.6) is 0 Å². The number of hydrogen-bond donors (Lipinski definition) is 1. The molecule has 0 aromatic heterocycles. The average molecular weight is 299 g/mol. The van der Waals surface area contributed by atoms with Crippen molar-refractivity contribution in [1.29, 1.82) is 5.26 Å². The van der Waals surface area contributed by atoms with Crippen molar-refractivity contribution in [2.75, 3.05) is 11.9 Å². The van der Waals surface area contributed by atoms with E-state index >= 15 is 0 Å². The molecule has 1 heterocycles. The van der Waals surface area contributed by atoms with E-state index in [-0.39, 0.29) is 16.6 Å². The number of anilines is 1. The van der Waals surface area contributed by atoms with Gasteiger partial charge < -0.3 is 10.1 Å². The van der Waals surface area contributed by atoms with Crippen molar-refractivity contribution in [2.24, 2.45) is 0 Å². The Bertz CT molecular complexity index is 472. The van der Waals surface area contributed by atoms with E-state index in [1.54, 1.807) is 12.1 Å². The second-order valence-corrected chi connectivity index (χ2v) is 4.81. The van der Waals surface area contributed by atoms with E-state index in [1.165, 1.54) is 0 Å². The molecular weight excluding hydrogens is 287 g/mol. The predicted octanol–water partition coefficient (Wildman–Crippen LogP) is 3.05. The van der Waals surface area contributed by atoms with Crippen LogP contribution < -0.4 is 5.32 Å². The van der Waals surface area contributed by atoms with Crippen molar-refractivity contribution in [3.05, 3.63) is 28.0 Å². The second-order valence-electron chi connectivity index (χ2n) is 4.02. The van der Waals surface area contributed by atoms with Gasteiger partial charge in [-0.2, -0.15) is 5.26 Å². The highest BCUT2D eigenvalue weighted by molar-refractivity contribution is 9.10. The van der Waals surface area contributed by atoms with E-state index in [0.29, 0.717) is 17.9 Å².